The second-order valence-corrected chi connectivity index (χ2v) is 7.64. The fourth-order valence-corrected chi connectivity index (χ4v) is 3.74. The molecule has 2 heterocycles. The highest BCUT2D eigenvalue weighted by Crippen LogP contribution is 2.32. The van der Waals surface area contributed by atoms with Crippen LogP contribution in [0.15, 0.2) is 83.4 Å². The molecule has 0 aliphatic carbocycles. The maximum absolute atomic E-state index is 12.5. The molecule has 1 aromatic heterocycles. The van der Waals surface area contributed by atoms with Crippen LogP contribution in [0.3, 0.4) is 0 Å². The SMILES string of the molecule is Cc1cccc(Oc2ccc(-c3noc(C4CC(=O)N(c5ccccc5)C4)n3)cc2)c1. The molecule has 6 nitrogen and oxygen atoms in total. The van der Waals surface area contributed by atoms with Gasteiger partial charge in [-0.25, -0.2) is 0 Å². The third-order valence-electron chi connectivity index (χ3n) is 5.32. The predicted octanol–water partition coefficient (Wildman–Crippen LogP) is 5.36. The molecule has 0 saturated carbocycles. The van der Waals surface area contributed by atoms with Gasteiger partial charge in [0, 0.05) is 24.2 Å². The lowest BCUT2D eigenvalue weighted by Crippen LogP contribution is -2.24. The van der Waals surface area contributed by atoms with Gasteiger partial charge in [-0.15, -0.1) is 0 Å². The quantitative estimate of drug-likeness (QED) is 0.442. The topological polar surface area (TPSA) is 68.5 Å². The average Bonchev–Trinajstić information content (AvgIpc) is 3.42. The molecular weight excluding hydrogens is 390 g/mol. The van der Waals surface area contributed by atoms with Gasteiger partial charge < -0.3 is 14.2 Å². The first-order chi connectivity index (χ1) is 15.2. The number of nitrogens with zero attached hydrogens (tertiary/aromatic N) is 3. The van der Waals surface area contributed by atoms with Crippen molar-refractivity contribution in [2.75, 3.05) is 11.4 Å². The van der Waals surface area contributed by atoms with Gasteiger partial charge in [0.25, 0.3) is 0 Å². The molecule has 0 spiro atoms. The van der Waals surface area contributed by atoms with Crippen molar-refractivity contribution < 1.29 is 14.1 Å². The molecule has 0 bridgehead atoms. The molecule has 1 aliphatic heterocycles. The first-order valence-electron chi connectivity index (χ1n) is 10.2. The summed E-state index contributed by atoms with van der Waals surface area (Å²) < 4.78 is 11.4. The van der Waals surface area contributed by atoms with Crippen LogP contribution in [-0.4, -0.2) is 22.6 Å². The van der Waals surface area contributed by atoms with Crippen molar-refractivity contribution in [1.29, 1.82) is 0 Å². The van der Waals surface area contributed by atoms with Crippen LogP contribution in [0.2, 0.25) is 0 Å². The van der Waals surface area contributed by atoms with Gasteiger partial charge >= 0.3 is 0 Å². The van der Waals surface area contributed by atoms with E-state index < -0.39 is 0 Å². The van der Waals surface area contributed by atoms with E-state index in [1.165, 1.54) is 0 Å². The molecule has 4 aromatic rings. The molecule has 0 radical (unpaired) electrons. The molecule has 31 heavy (non-hydrogen) atoms. The second-order valence-electron chi connectivity index (χ2n) is 7.64. The summed E-state index contributed by atoms with van der Waals surface area (Å²) in [5.41, 5.74) is 2.86. The Balaban J connectivity index is 1.29. The zero-order valence-corrected chi connectivity index (χ0v) is 17.1. The lowest BCUT2D eigenvalue weighted by Gasteiger charge is -2.15. The Hall–Kier alpha value is -3.93. The number of benzene rings is 3. The van der Waals surface area contributed by atoms with Gasteiger partial charge in [-0.1, -0.05) is 35.5 Å². The van der Waals surface area contributed by atoms with E-state index in [9.17, 15) is 4.79 Å². The van der Waals surface area contributed by atoms with Crippen LogP contribution < -0.4 is 9.64 Å². The van der Waals surface area contributed by atoms with Crippen molar-refractivity contribution in [1.82, 2.24) is 10.1 Å². The summed E-state index contributed by atoms with van der Waals surface area (Å²) in [7, 11) is 0. The maximum Gasteiger partial charge on any atom is 0.232 e. The molecule has 6 heteroatoms. The predicted molar refractivity (Wildman–Crippen MR) is 117 cm³/mol. The molecule has 1 amide bonds. The molecule has 1 saturated heterocycles. The van der Waals surface area contributed by atoms with Crippen molar-refractivity contribution in [3.8, 4) is 22.9 Å². The van der Waals surface area contributed by atoms with Crippen LogP contribution in [0.4, 0.5) is 5.69 Å². The van der Waals surface area contributed by atoms with Crippen molar-refractivity contribution >= 4 is 11.6 Å². The molecule has 1 atom stereocenters. The van der Waals surface area contributed by atoms with Gasteiger partial charge in [0.05, 0.1) is 5.92 Å². The molecule has 1 fully saturated rings. The smallest absolute Gasteiger partial charge is 0.232 e. The van der Waals surface area contributed by atoms with Crippen molar-refractivity contribution in [2.24, 2.45) is 0 Å². The molecule has 1 aliphatic rings. The van der Waals surface area contributed by atoms with Gasteiger partial charge in [-0.2, -0.15) is 4.98 Å². The summed E-state index contributed by atoms with van der Waals surface area (Å²) in [4.78, 5) is 18.8. The number of carbonyl (C=O) groups is 1. The zero-order chi connectivity index (χ0) is 21.2. The first kappa shape index (κ1) is 19.1. The Morgan fingerprint density at radius 3 is 2.55 bits per heavy atom. The Morgan fingerprint density at radius 1 is 0.968 bits per heavy atom. The largest absolute Gasteiger partial charge is 0.457 e. The summed E-state index contributed by atoms with van der Waals surface area (Å²) in [6.45, 7) is 2.56. The van der Waals surface area contributed by atoms with E-state index in [1.54, 1.807) is 4.90 Å². The molecule has 3 aromatic carbocycles. The Morgan fingerprint density at radius 2 is 1.77 bits per heavy atom. The van der Waals surface area contributed by atoms with Crippen LogP contribution >= 0.6 is 0 Å². The van der Waals surface area contributed by atoms with Crippen LogP contribution in [0.5, 0.6) is 11.5 Å². The van der Waals surface area contributed by atoms with Crippen molar-refractivity contribution in [3.63, 3.8) is 0 Å². The number of aryl methyl sites for hydroxylation is 1. The average molecular weight is 411 g/mol. The van der Waals surface area contributed by atoms with Crippen molar-refractivity contribution in [3.05, 3.63) is 90.3 Å². The molecule has 0 N–H and O–H groups in total. The number of para-hydroxylation sites is 1. The second kappa shape index (κ2) is 8.07. The van der Waals surface area contributed by atoms with Crippen LogP contribution in [0, 0.1) is 6.92 Å². The Labute approximate surface area is 180 Å². The fourth-order valence-electron chi connectivity index (χ4n) is 3.74. The van der Waals surface area contributed by atoms with Gasteiger partial charge in [0.2, 0.25) is 17.6 Å². The lowest BCUT2D eigenvalue weighted by molar-refractivity contribution is -0.117. The summed E-state index contributed by atoms with van der Waals surface area (Å²) in [6, 6.07) is 25.1. The monoisotopic (exact) mass is 411 g/mol. The van der Waals surface area contributed by atoms with E-state index in [4.69, 9.17) is 9.26 Å². The third-order valence-corrected chi connectivity index (χ3v) is 5.32. The summed E-state index contributed by atoms with van der Waals surface area (Å²) in [5, 5.41) is 4.12. The number of hydrogen-bond donors (Lipinski definition) is 0. The van der Waals surface area contributed by atoms with E-state index in [2.05, 4.69) is 10.1 Å². The number of rotatable bonds is 5. The molecule has 1 unspecified atom stereocenters. The highest BCUT2D eigenvalue weighted by atomic mass is 16.5. The van der Waals surface area contributed by atoms with E-state index in [1.807, 2.05) is 85.8 Å². The Kier molecular flexibility index (Phi) is 4.96. The Bertz CT molecular complexity index is 1200. The number of aromatic nitrogens is 2. The lowest BCUT2D eigenvalue weighted by atomic mass is 10.1. The minimum atomic E-state index is -0.113. The highest BCUT2D eigenvalue weighted by Gasteiger charge is 2.35. The van der Waals surface area contributed by atoms with Gasteiger partial charge in [0.15, 0.2) is 0 Å². The van der Waals surface area contributed by atoms with E-state index in [-0.39, 0.29) is 11.8 Å². The normalized spacial score (nSPS) is 16.0. The van der Waals surface area contributed by atoms with Crippen LogP contribution in [0.25, 0.3) is 11.4 Å². The number of ether oxygens (including phenoxy) is 1. The number of carbonyl (C=O) groups excluding carboxylic acids is 1. The third kappa shape index (κ3) is 4.05. The summed E-state index contributed by atoms with van der Waals surface area (Å²) in [5.74, 6) is 2.47. The number of hydrogen-bond acceptors (Lipinski definition) is 5. The van der Waals surface area contributed by atoms with Crippen molar-refractivity contribution in [2.45, 2.75) is 19.3 Å². The van der Waals surface area contributed by atoms with E-state index in [0.29, 0.717) is 24.7 Å². The minimum Gasteiger partial charge on any atom is -0.457 e. The number of amides is 1. The molecule has 154 valence electrons. The standard InChI is InChI=1S/C25H21N3O3/c1-17-6-5-9-22(14-17)30-21-12-10-18(11-13-21)24-26-25(31-27-24)19-15-23(29)28(16-19)20-7-3-2-4-8-20/h2-14,19H,15-16H2,1H3. The number of anilines is 1. The van der Waals surface area contributed by atoms with Gasteiger partial charge in [0.1, 0.15) is 11.5 Å². The summed E-state index contributed by atoms with van der Waals surface area (Å²) in [6.07, 6.45) is 0.361. The minimum absolute atomic E-state index is 0.0635. The molecular formula is C25H21N3O3. The van der Waals surface area contributed by atoms with E-state index >= 15 is 0 Å². The van der Waals surface area contributed by atoms with Gasteiger partial charge in [-0.05, 0) is 61.0 Å². The maximum atomic E-state index is 12.5. The van der Waals surface area contributed by atoms with Crippen LogP contribution in [-0.2, 0) is 4.79 Å². The first-order valence-corrected chi connectivity index (χ1v) is 10.2. The fraction of sp³-hybridized carbons (Fsp3) is 0.160. The summed E-state index contributed by atoms with van der Waals surface area (Å²) >= 11 is 0. The van der Waals surface area contributed by atoms with E-state index in [0.717, 1.165) is 28.3 Å². The molecule has 5 rings (SSSR count). The highest BCUT2D eigenvalue weighted by molar-refractivity contribution is 5.96. The van der Waals surface area contributed by atoms with Gasteiger partial charge in [-0.3, -0.25) is 4.79 Å². The van der Waals surface area contributed by atoms with Crippen LogP contribution in [0.1, 0.15) is 23.8 Å². The zero-order valence-electron chi connectivity index (χ0n) is 17.1.